The standard InChI is InChI=1S/C19H22N2O3S/c1-19(2,12-15-6-4-3-5-7-15)20-18(22)14-25-13-16-8-10-17(11-9-16)21(23)24/h3-11H,12-14H2,1-2H3,(H,20,22). The number of non-ortho nitro benzene ring substituents is 1. The zero-order valence-corrected chi connectivity index (χ0v) is 15.2. The van der Waals surface area contributed by atoms with Crippen LogP contribution in [0.25, 0.3) is 0 Å². The van der Waals surface area contributed by atoms with Crippen LogP contribution < -0.4 is 5.32 Å². The van der Waals surface area contributed by atoms with Gasteiger partial charge >= 0.3 is 0 Å². The Morgan fingerprint density at radius 1 is 1.08 bits per heavy atom. The van der Waals surface area contributed by atoms with Crippen molar-refractivity contribution < 1.29 is 9.72 Å². The van der Waals surface area contributed by atoms with Crippen LogP contribution in [0.1, 0.15) is 25.0 Å². The van der Waals surface area contributed by atoms with Gasteiger partial charge in [0.25, 0.3) is 5.69 Å². The zero-order chi connectivity index (χ0) is 18.3. The summed E-state index contributed by atoms with van der Waals surface area (Å²) in [6.07, 6.45) is 0.770. The summed E-state index contributed by atoms with van der Waals surface area (Å²) >= 11 is 1.49. The van der Waals surface area contributed by atoms with Crippen molar-refractivity contribution in [2.24, 2.45) is 0 Å². The maximum absolute atomic E-state index is 12.2. The molecule has 1 amide bonds. The van der Waals surface area contributed by atoms with Crippen LogP contribution in [0.3, 0.4) is 0 Å². The van der Waals surface area contributed by atoms with Crippen molar-refractivity contribution >= 4 is 23.4 Å². The summed E-state index contributed by atoms with van der Waals surface area (Å²) in [7, 11) is 0. The lowest BCUT2D eigenvalue weighted by molar-refractivity contribution is -0.384. The van der Waals surface area contributed by atoms with Gasteiger partial charge < -0.3 is 5.32 Å². The Balaban J connectivity index is 1.77. The summed E-state index contributed by atoms with van der Waals surface area (Å²) in [6, 6.07) is 16.5. The van der Waals surface area contributed by atoms with Gasteiger partial charge in [-0.3, -0.25) is 14.9 Å². The summed E-state index contributed by atoms with van der Waals surface area (Å²) in [5.41, 5.74) is 1.92. The first-order valence-electron chi connectivity index (χ1n) is 8.02. The van der Waals surface area contributed by atoms with Gasteiger partial charge in [0.05, 0.1) is 10.7 Å². The largest absolute Gasteiger partial charge is 0.350 e. The number of nitro benzene ring substituents is 1. The van der Waals surface area contributed by atoms with Gasteiger partial charge in [-0.2, -0.15) is 0 Å². The highest BCUT2D eigenvalue weighted by molar-refractivity contribution is 7.99. The van der Waals surface area contributed by atoms with E-state index in [0.717, 1.165) is 12.0 Å². The van der Waals surface area contributed by atoms with E-state index in [4.69, 9.17) is 0 Å². The number of nitrogens with one attached hydrogen (secondary N) is 1. The van der Waals surface area contributed by atoms with Crippen molar-refractivity contribution in [3.05, 3.63) is 75.8 Å². The molecule has 0 saturated carbocycles. The SMILES string of the molecule is CC(C)(Cc1ccccc1)NC(=O)CSCc1ccc([N+](=O)[O-])cc1. The Kier molecular flexibility index (Phi) is 6.58. The first-order valence-corrected chi connectivity index (χ1v) is 9.17. The fourth-order valence-corrected chi connectivity index (χ4v) is 3.33. The molecule has 2 aromatic carbocycles. The maximum Gasteiger partial charge on any atom is 0.269 e. The van der Waals surface area contributed by atoms with E-state index < -0.39 is 4.92 Å². The molecule has 0 aliphatic heterocycles. The number of hydrogen-bond acceptors (Lipinski definition) is 4. The lowest BCUT2D eigenvalue weighted by Crippen LogP contribution is -2.45. The third-order valence-electron chi connectivity index (χ3n) is 3.62. The third-order valence-corrected chi connectivity index (χ3v) is 4.62. The third kappa shape index (κ3) is 6.58. The van der Waals surface area contributed by atoms with Crippen LogP contribution in [-0.4, -0.2) is 22.1 Å². The van der Waals surface area contributed by atoms with Crippen LogP contribution in [0.5, 0.6) is 0 Å². The quantitative estimate of drug-likeness (QED) is 0.572. The molecule has 2 rings (SSSR count). The normalized spacial score (nSPS) is 11.1. The predicted molar refractivity (Wildman–Crippen MR) is 102 cm³/mol. The predicted octanol–water partition coefficient (Wildman–Crippen LogP) is 3.97. The summed E-state index contributed by atoms with van der Waals surface area (Å²) < 4.78 is 0. The molecule has 0 heterocycles. The average Bonchev–Trinajstić information content (AvgIpc) is 2.55. The van der Waals surface area contributed by atoms with E-state index in [1.54, 1.807) is 12.1 Å². The minimum atomic E-state index is -0.417. The molecule has 0 aliphatic carbocycles. The summed E-state index contributed by atoms with van der Waals surface area (Å²) in [5, 5.41) is 13.7. The molecule has 0 aromatic heterocycles. The highest BCUT2D eigenvalue weighted by Gasteiger charge is 2.20. The summed E-state index contributed by atoms with van der Waals surface area (Å²) in [4.78, 5) is 22.4. The van der Waals surface area contributed by atoms with Gasteiger partial charge in [0.1, 0.15) is 0 Å². The van der Waals surface area contributed by atoms with Gasteiger partial charge in [-0.15, -0.1) is 11.8 Å². The first kappa shape index (κ1) is 19.0. The Bertz CT molecular complexity index is 715. The topological polar surface area (TPSA) is 72.2 Å². The lowest BCUT2D eigenvalue weighted by atomic mass is 9.95. The van der Waals surface area contributed by atoms with E-state index in [9.17, 15) is 14.9 Å². The molecule has 0 aliphatic rings. The van der Waals surface area contributed by atoms with Crippen molar-refractivity contribution in [1.29, 1.82) is 0 Å². The fraction of sp³-hybridized carbons (Fsp3) is 0.316. The van der Waals surface area contributed by atoms with Crippen molar-refractivity contribution in [2.45, 2.75) is 31.6 Å². The number of rotatable bonds is 8. The van der Waals surface area contributed by atoms with Crippen molar-refractivity contribution in [3.63, 3.8) is 0 Å². The molecule has 2 aromatic rings. The monoisotopic (exact) mass is 358 g/mol. The molecule has 0 unspecified atom stereocenters. The van der Waals surface area contributed by atoms with Gasteiger partial charge in [-0.1, -0.05) is 42.5 Å². The van der Waals surface area contributed by atoms with E-state index in [-0.39, 0.29) is 17.1 Å². The molecule has 0 spiro atoms. The minimum Gasteiger partial charge on any atom is -0.350 e. The van der Waals surface area contributed by atoms with Crippen molar-refractivity contribution in [3.8, 4) is 0 Å². The number of benzene rings is 2. The molecular formula is C19H22N2O3S. The van der Waals surface area contributed by atoms with Gasteiger partial charge in [0.15, 0.2) is 0 Å². The van der Waals surface area contributed by atoms with Gasteiger partial charge in [-0.25, -0.2) is 0 Å². The first-order chi connectivity index (χ1) is 11.9. The highest BCUT2D eigenvalue weighted by atomic mass is 32.2. The van der Waals surface area contributed by atoms with Crippen LogP contribution in [0, 0.1) is 10.1 Å². The van der Waals surface area contributed by atoms with Crippen LogP contribution in [0.15, 0.2) is 54.6 Å². The van der Waals surface area contributed by atoms with E-state index in [0.29, 0.717) is 11.5 Å². The summed E-state index contributed by atoms with van der Waals surface area (Å²) in [5.74, 6) is 0.993. The number of amides is 1. The molecule has 5 nitrogen and oxygen atoms in total. The second-order valence-corrected chi connectivity index (χ2v) is 7.50. The minimum absolute atomic E-state index is 0.00663. The van der Waals surface area contributed by atoms with Crippen LogP contribution in [-0.2, 0) is 17.0 Å². The Labute approximate surface area is 152 Å². The van der Waals surface area contributed by atoms with Gasteiger partial charge in [0, 0.05) is 23.4 Å². The number of hydrogen-bond donors (Lipinski definition) is 1. The Morgan fingerprint density at radius 3 is 2.32 bits per heavy atom. The van der Waals surface area contributed by atoms with Gasteiger partial charge in [0.2, 0.25) is 5.91 Å². The molecule has 132 valence electrons. The molecule has 0 saturated heterocycles. The Hall–Kier alpha value is -2.34. The average molecular weight is 358 g/mol. The van der Waals surface area contributed by atoms with Gasteiger partial charge in [-0.05, 0) is 31.4 Å². The van der Waals surface area contributed by atoms with Crippen LogP contribution in [0.4, 0.5) is 5.69 Å². The maximum atomic E-state index is 12.2. The molecule has 0 radical (unpaired) electrons. The number of thioether (sulfide) groups is 1. The summed E-state index contributed by atoms with van der Waals surface area (Å²) in [6.45, 7) is 4.03. The fourth-order valence-electron chi connectivity index (χ4n) is 2.54. The number of carbonyl (C=O) groups is 1. The molecule has 25 heavy (non-hydrogen) atoms. The molecular weight excluding hydrogens is 336 g/mol. The number of nitrogens with zero attached hydrogens (tertiary/aromatic N) is 1. The number of nitro groups is 1. The van der Waals surface area contributed by atoms with Crippen molar-refractivity contribution in [2.75, 3.05) is 5.75 Å². The smallest absolute Gasteiger partial charge is 0.269 e. The van der Waals surface area contributed by atoms with E-state index in [1.807, 2.05) is 32.0 Å². The van der Waals surface area contributed by atoms with Crippen molar-refractivity contribution in [1.82, 2.24) is 5.32 Å². The Morgan fingerprint density at radius 2 is 1.72 bits per heavy atom. The zero-order valence-electron chi connectivity index (χ0n) is 14.4. The van der Waals surface area contributed by atoms with Crippen LogP contribution in [0.2, 0.25) is 0 Å². The van der Waals surface area contributed by atoms with E-state index in [1.165, 1.54) is 29.5 Å². The molecule has 0 bridgehead atoms. The van der Waals surface area contributed by atoms with E-state index >= 15 is 0 Å². The van der Waals surface area contributed by atoms with E-state index in [2.05, 4.69) is 17.4 Å². The number of carbonyl (C=O) groups excluding carboxylic acids is 1. The molecule has 6 heteroatoms. The second-order valence-electron chi connectivity index (χ2n) is 6.51. The highest BCUT2D eigenvalue weighted by Crippen LogP contribution is 2.17. The molecule has 0 fully saturated rings. The second kappa shape index (κ2) is 8.67. The van der Waals surface area contributed by atoms with Crippen LogP contribution >= 0.6 is 11.8 Å². The molecule has 1 N–H and O–H groups in total. The lowest BCUT2D eigenvalue weighted by Gasteiger charge is -2.26. The molecule has 0 atom stereocenters.